The van der Waals surface area contributed by atoms with E-state index in [0.717, 1.165) is 31.4 Å². The van der Waals surface area contributed by atoms with Crippen molar-refractivity contribution < 1.29 is 13.5 Å². The Morgan fingerprint density at radius 1 is 1.19 bits per heavy atom. The van der Waals surface area contributed by atoms with Gasteiger partial charge >= 0.3 is 0 Å². The van der Waals surface area contributed by atoms with Crippen LogP contribution in [0.3, 0.4) is 0 Å². The topological polar surface area (TPSA) is 52.3 Å². The van der Waals surface area contributed by atoms with Crippen molar-refractivity contribution in [3.8, 4) is 16.9 Å². The highest BCUT2D eigenvalue weighted by molar-refractivity contribution is 6.32. The second-order valence-electron chi connectivity index (χ2n) is 6.08. The summed E-state index contributed by atoms with van der Waals surface area (Å²) in [5.74, 6) is -1.13. The Bertz CT molecular complexity index is 995. The fourth-order valence-corrected chi connectivity index (χ4v) is 3.66. The van der Waals surface area contributed by atoms with E-state index in [2.05, 4.69) is 27.2 Å². The van der Waals surface area contributed by atoms with E-state index < -0.39 is 11.6 Å². The zero-order valence-corrected chi connectivity index (χ0v) is 14.7. The second-order valence-corrected chi connectivity index (χ2v) is 6.44. The van der Waals surface area contributed by atoms with Crippen molar-refractivity contribution in [1.82, 2.24) is 19.6 Å². The van der Waals surface area contributed by atoms with Crippen molar-refractivity contribution >= 4 is 17.4 Å². The molecule has 0 bridgehead atoms. The number of aromatic nitrogens is 4. The molecule has 5 nitrogen and oxygen atoms in total. The Morgan fingerprint density at radius 3 is 2.62 bits per heavy atom. The average molecular weight is 377 g/mol. The SMILES string of the molecule is COc1cc(F)c(-c2c(Cl)nc3ncnn3c2C2CC=CCC2)c(F)c1. The molecular weight excluding hydrogens is 362 g/mol. The minimum atomic E-state index is -0.766. The molecule has 4 rings (SSSR count). The lowest BCUT2D eigenvalue weighted by molar-refractivity contribution is 0.407. The zero-order chi connectivity index (χ0) is 18.3. The lowest BCUT2D eigenvalue weighted by atomic mass is 9.87. The number of allylic oxidation sites excluding steroid dienone is 2. The number of rotatable bonds is 3. The average Bonchev–Trinajstić information content (AvgIpc) is 3.09. The van der Waals surface area contributed by atoms with Gasteiger partial charge in [-0.15, -0.1) is 0 Å². The summed E-state index contributed by atoms with van der Waals surface area (Å²) in [5.41, 5.74) is 0.595. The third-order valence-electron chi connectivity index (χ3n) is 4.58. The van der Waals surface area contributed by atoms with E-state index in [9.17, 15) is 8.78 Å². The largest absolute Gasteiger partial charge is 0.497 e. The summed E-state index contributed by atoms with van der Waals surface area (Å²) in [6, 6.07) is 2.26. The maximum atomic E-state index is 14.8. The molecule has 2 heterocycles. The number of hydrogen-bond donors (Lipinski definition) is 0. The molecule has 134 valence electrons. The summed E-state index contributed by atoms with van der Waals surface area (Å²) in [6.07, 6.45) is 7.90. The van der Waals surface area contributed by atoms with Crippen LogP contribution in [0.25, 0.3) is 16.9 Å². The number of ether oxygens (including phenoxy) is 1. The normalized spacial score (nSPS) is 17.0. The molecular formula is C18H15ClF2N4O. The molecule has 0 amide bonds. The Balaban J connectivity index is 2.04. The molecule has 1 atom stereocenters. The molecule has 0 saturated heterocycles. The van der Waals surface area contributed by atoms with Crippen molar-refractivity contribution in [3.05, 3.63) is 53.1 Å². The molecule has 2 aromatic heterocycles. The molecule has 1 aliphatic rings. The lowest BCUT2D eigenvalue weighted by Crippen LogP contribution is -2.13. The summed E-state index contributed by atoms with van der Waals surface area (Å²) in [6.45, 7) is 0. The van der Waals surface area contributed by atoms with Gasteiger partial charge in [0.2, 0.25) is 0 Å². The number of fused-ring (bicyclic) bond motifs is 1. The number of methoxy groups -OCH3 is 1. The van der Waals surface area contributed by atoms with Gasteiger partial charge in [-0.1, -0.05) is 23.8 Å². The van der Waals surface area contributed by atoms with E-state index >= 15 is 0 Å². The third kappa shape index (κ3) is 2.72. The third-order valence-corrected chi connectivity index (χ3v) is 4.85. The Labute approximate surface area is 153 Å². The van der Waals surface area contributed by atoms with E-state index in [4.69, 9.17) is 16.3 Å². The van der Waals surface area contributed by atoms with E-state index in [-0.39, 0.29) is 27.9 Å². The molecule has 0 saturated carbocycles. The molecule has 1 aliphatic carbocycles. The number of halogens is 3. The van der Waals surface area contributed by atoms with Crippen LogP contribution in [0.2, 0.25) is 5.15 Å². The molecule has 8 heteroatoms. The van der Waals surface area contributed by atoms with Crippen LogP contribution in [0.1, 0.15) is 30.9 Å². The highest BCUT2D eigenvalue weighted by Gasteiger charge is 2.28. The van der Waals surface area contributed by atoms with Crippen molar-refractivity contribution in [2.75, 3.05) is 7.11 Å². The van der Waals surface area contributed by atoms with E-state index in [1.807, 2.05) is 0 Å². The quantitative estimate of drug-likeness (QED) is 0.497. The molecule has 0 aliphatic heterocycles. The molecule has 1 unspecified atom stereocenters. The summed E-state index contributed by atoms with van der Waals surface area (Å²) >= 11 is 6.36. The van der Waals surface area contributed by atoms with Crippen LogP contribution in [0, 0.1) is 11.6 Å². The summed E-state index contributed by atoms with van der Waals surface area (Å²) in [5, 5.41) is 4.20. The second kappa shape index (κ2) is 6.64. The number of benzene rings is 1. The summed E-state index contributed by atoms with van der Waals surface area (Å²) < 4.78 is 36.0. The van der Waals surface area contributed by atoms with Crippen LogP contribution in [0.4, 0.5) is 8.78 Å². The van der Waals surface area contributed by atoms with Gasteiger partial charge in [0, 0.05) is 23.6 Å². The predicted molar refractivity (Wildman–Crippen MR) is 93.4 cm³/mol. The fraction of sp³-hybridized carbons (Fsp3) is 0.278. The minimum absolute atomic E-state index is 0.000557. The zero-order valence-electron chi connectivity index (χ0n) is 13.9. The summed E-state index contributed by atoms with van der Waals surface area (Å²) in [7, 11) is 1.35. The molecule has 0 spiro atoms. The van der Waals surface area contributed by atoms with E-state index in [1.54, 1.807) is 0 Å². The minimum Gasteiger partial charge on any atom is -0.497 e. The maximum absolute atomic E-state index is 14.8. The molecule has 26 heavy (non-hydrogen) atoms. The van der Waals surface area contributed by atoms with Crippen LogP contribution in [0.5, 0.6) is 5.75 Å². The van der Waals surface area contributed by atoms with Crippen LogP contribution >= 0.6 is 11.6 Å². The maximum Gasteiger partial charge on any atom is 0.253 e. The molecule has 0 radical (unpaired) electrons. The summed E-state index contributed by atoms with van der Waals surface area (Å²) in [4.78, 5) is 8.24. The van der Waals surface area contributed by atoms with Gasteiger partial charge in [0.05, 0.1) is 18.4 Å². The fourth-order valence-electron chi connectivity index (χ4n) is 3.39. The first-order chi connectivity index (χ1) is 12.6. The number of hydrogen-bond acceptors (Lipinski definition) is 4. The molecule has 0 fully saturated rings. The van der Waals surface area contributed by atoms with Gasteiger partial charge in [-0.3, -0.25) is 0 Å². The first-order valence-corrected chi connectivity index (χ1v) is 8.55. The Hall–Kier alpha value is -2.54. The van der Waals surface area contributed by atoms with Crippen molar-refractivity contribution in [3.63, 3.8) is 0 Å². The Kier molecular flexibility index (Phi) is 4.32. The van der Waals surface area contributed by atoms with Gasteiger partial charge in [-0.25, -0.2) is 13.3 Å². The van der Waals surface area contributed by atoms with Crippen LogP contribution < -0.4 is 4.74 Å². The Morgan fingerprint density at radius 2 is 1.96 bits per heavy atom. The van der Waals surface area contributed by atoms with E-state index in [0.29, 0.717) is 11.5 Å². The lowest BCUT2D eigenvalue weighted by Gasteiger charge is -2.23. The van der Waals surface area contributed by atoms with Crippen molar-refractivity contribution in [1.29, 1.82) is 0 Å². The molecule has 1 aromatic carbocycles. The highest BCUT2D eigenvalue weighted by atomic mass is 35.5. The van der Waals surface area contributed by atoms with Gasteiger partial charge in [0.1, 0.15) is 28.9 Å². The van der Waals surface area contributed by atoms with Crippen LogP contribution in [0.15, 0.2) is 30.6 Å². The van der Waals surface area contributed by atoms with Crippen molar-refractivity contribution in [2.24, 2.45) is 0 Å². The van der Waals surface area contributed by atoms with Crippen molar-refractivity contribution in [2.45, 2.75) is 25.2 Å². The number of nitrogens with zero attached hydrogens (tertiary/aromatic N) is 4. The molecule has 0 N–H and O–H groups in total. The smallest absolute Gasteiger partial charge is 0.253 e. The van der Waals surface area contributed by atoms with E-state index in [1.165, 1.54) is 18.0 Å². The first-order valence-electron chi connectivity index (χ1n) is 8.17. The first kappa shape index (κ1) is 16.9. The van der Waals surface area contributed by atoms with Gasteiger partial charge in [0.15, 0.2) is 0 Å². The molecule has 3 aromatic rings. The van der Waals surface area contributed by atoms with Crippen LogP contribution in [-0.2, 0) is 0 Å². The predicted octanol–water partition coefficient (Wildman–Crippen LogP) is 4.56. The highest BCUT2D eigenvalue weighted by Crippen LogP contribution is 2.41. The van der Waals surface area contributed by atoms with Gasteiger partial charge < -0.3 is 4.74 Å². The standard InChI is InChI=1S/C18H15ClF2N4O/c1-26-11-7-12(20)14(13(21)8-11)15-16(10-5-3-2-4-6-10)25-18(22-9-23-25)24-17(15)19/h2-3,7-10H,4-6H2,1H3. The van der Waals surface area contributed by atoms with Gasteiger partial charge in [-0.05, 0) is 19.3 Å². The van der Waals surface area contributed by atoms with Gasteiger partial charge in [-0.2, -0.15) is 15.1 Å². The van der Waals surface area contributed by atoms with Gasteiger partial charge in [0.25, 0.3) is 5.78 Å². The monoisotopic (exact) mass is 376 g/mol. The van der Waals surface area contributed by atoms with Crippen LogP contribution in [-0.4, -0.2) is 26.7 Å².